The first kappa shape index (κ1) is 15.6. The Balaban J connectivity index is 2.37. The standard InChI is InChI=1S/C15H13F3O2S/c1-10(12-3-2-4-13(16)9-12)21(19,20)14-7-5-11(6-8-14)15(17)18/h2-10,15H,1H3. The van der Waals surface area contributed by atoms with Gasteiger partial charge in [-0.2, -0.15) is 0 Å². The van der Waals surface area contributed by atoms with Crippen molar-refractivity contribution in [2.45, 2.75) is 23.5 Å². The summed E-state index contributed by atoms with van der Waals surface area (Å²) >= 11 is 0. The predicted octanol–water partition coefficient (Wildman–Crippen LogP) is 4.30. The van der Waals surface area contributed by atoms with Gasteiger partial charge in [0.05, 0.1) is 10.1 Å². The van der Waals surface area contributed by atoms with Crippen LogP contribution in [-0.4, -0.2) is 8.42 Å². The molecule has 6 heteroatoms. The Morgan fingerprint density at radius 2 is 1.57 bits per heavy atom. The lowest BCUT2D eigenvalue weighted by Crippen LogP contribution is -2.11. The molecular weight excluding hydrogens is 301 g/mol. The molecule has 0 N–H and O–H groups in total. The summed E-state index contributed by atoms with van der Waals surface area (Å²) in [5.41, 5.74) is 0.0697. The minimum Gasteiger partial charge on any atom is -0.223 e. The lowest BCUT2D eigenvalue weighted by molar-refractivity contribution is 0.151. The van der Waals surface area contributed by atoms with Crippen molar-refractivity contribution >= 4 is 9.84 Å². The van der Waals surface area contributed by atoms with Crippen LogP contribution in [0, 0.1) is 5.82 Å². The van der Waals surface area contributed by atoms with Crippen LogP contribution in [0.5, 0.6) is 0 Å². The number of benzene rings is 2. The molecule has 0 radical (unpaired) electrons. The van der Waals surface area contributed by atoms with E-state index >= 15 is 0 Å². The van der Waals surface area contributed by atoms with Gasteiger partial charge < -0.3 is 0 Å². The molecule has 2 nitrogen and oxygen atoms in total. The Morgan fingerprint density at radius 3 is 2.10 bits per heavy atom. The van der Waals surface area contributed by atoms with Crippen molar-refractivity contribution in [2.75, 3.05) is 0 Å². The maximum atomic E-state index is 13.2. The first-order valence-electron chi connectivity index (χ1n) is 6.20. The molecule has 0 aromatic heterocycles. The number of rotatable bonds is 4. The summed E-state index contributed by atoms with van der Waals surface area (Å²) in [6, 6.07) is 9.76. The first-order valence-corrected chi connectivity index (χ1v) is 7.74. The van der Waals surface area contributed by atoms with Crippen LogP contribution < -0.4 is 0 Å². The van der Waals surface area contributed by atoms with E-state index in [0.29, 0.717) is 5.56 Å². The van der Waals surface area contributed by atoms with Crippen molar-refractivity contribution in [1.82, 2.24) is 0 Å². The summed E-state index contributed by atoms with van der Waals surface area (Å²) in [5, 5.41) is -0.967. The average molecular weight is 314 g/mol. The van der Waals surface area contributed by atoms with Crippen molar-refractivity contribution in [3.8, 4) is 0 Å². The first-order chi connectivity index (χ1) is 9.82. The molecule has 0 fully saturated rings. The molecule has 0 saturated carbocycles. The molecule has 1 atom stereocenters. The second-order valence-electron chi connectivity index (χ2n) is 4.61. The highest BCUT2D eigenvalue weighted by Crippen LogP contribution is 2.30. The number of hydrogen-bond donors (Lipinski definition) is 0. The van der Waals surface area contributed by atoms with Crippen molar-refractivity contribution in [3.05, 3.63) is 65.5 Å². The summed E-state index contributed by atoms with van der Waals surface area (Å²) < 4.78 is 63.0. The number of halogens is 3. The fraction of sp³-hybridized carbons (Fsp3) is 0.200. The molecule has 0 spiro atoms. The summed E-state index contributed by atoms with van der Waals surface area (Å²) in [4.78, 5) is -0.0661. The van der Waals surface area contributed by atoms with Crippen LogP contribution in [-0.2, 0) is 9.84 Å². The van der Waals surface area contributed by atoms with Crippen LogP contribution in [0.25, 0.3) is 0 Å². The fourth-order valence-corrected chi connectivity index (χ4v) is 3.37. The predicted molar refractivity (Wildman–Crippen MR) is 73.4 cm³/mol. The maximum Gasteiger partial charge on any atom is 0.263 e. The van der Waals surface area contributed by atoms with E-state index in [1.54, 1.807) is 0 Å². The van der Waals surface area contributed by atoms with Gasteiger partial charge in [0, 0.05) is 5.56 Å². The van der Waals surface area contributed by atoms with Gasteiger partial charge in [0.1, 0.15) is 5.82 Å². The average Bonchev–Trinajstić information content (AvgIpc) is 2.46. The zero-order valence-corrected chi connectivity index (χ0v) is 11.9. The second kappa shape index (κ2) is 5.89. The third-order valence-corrected chi connectivity index (χ3v) is 5.38. The Hall–Kier alpha value is -1.82. The summed E-state index contributed by atoms with van der Waals surface area (Å²) in [7, 11) is -3.76. The maximum absolute atomic E-state index is 13.2. The largest absolute Gasteiger partial charge is 0.263 e. The second-order valence-corrected chi connectivity index (χ2v) is 6.88. The van der Waals surface area contributed by atoms with Gasteiger partial charge >= 0.3 is 0 Å². The third kappa shape index (κ3) is 3.26. The molecule has 2 rings (SSSR count). The van der Waals surface area contributed by atoms with E-state index in [-0.39, 0.29) is 10.5 Å². The van der Waals surface area contributed by atoms with Crippen molar-refractivity contribution in [2.24, 2.45) is 0 Å². The molecule has 112 valence electrons. The Labute approximate surface area is 121 Å². The summed E-state index contributed by atoms with van der Waals surface area (Å²) in [6.07, 6.45) is -2.65. The van der Waals surface area contributed by atoms with Crippen LogP contribution in [0.1, 0.15) is 29.7 Å². The third-order valence-electron chi connectivity index (χ3n) is 3.24. The van der Waals surface area contributed by atoms with Gasteiger partial charge in [-0.05, 0) is 36.8 Å². The van der Waals surface area contributed by atoms with Crippen LogP contribution in [0.3, 0.4) is 0 Å². The van der Waals surface area contributed by atoms with E-state index in [4.69, 9.17) is 0 Å². The Kier molecular flexibility index (Phi) is 4.37. The molecule has 0 aliphatic carbocycles. The van der Waals surface area contributed by atoms with Gasteiger partial charge in [0.25, 0.3) is 6.43 Å². The quantitative estimate of drug-likeness (QED) is 0.843. The Bertz CT molecular complexity index is 725. The van der Waals surface area contributed by atoms with E-state index in [1.165, 1.54) is 25.1 Å². The molecule has 0 amide bonds. The van der Waals surface area contributed by atoms with Crippen LogP contribution in [0.4, 0.5) is 13.2 Å². The number of hydrogen-bond acceptors (Lipinski definition) is 2. The fourth-order valence-electron chi connectivity index (χ4n) is 1.95. The molecule has 2 aromatic rings. The molecule has 21 heavy (non-hydrogen) atoms. The lowest BCUT2D eigenvalue weighted by Gasteiger charge is -2.14. The zero-order chi connectivity index (χ0) is 15.6. The van der Waals surface area contributed by atoms with Gasteiger partial charge in [-0.25, -0.2) is 21.6 Å². The highest BCUT2D eigenvalue weighted by Gasteiger charge is 2.25. The van der Waals surface area contributed by atoms with E-state index in [2.05, 4.69) is 0 Å². The number of alkyl halides is 2. The molecule has 1 unspecified atom stereocenters. The van der Waals surface area contributed by atoms with E-state index in [1.807, 2.05) is 0 Å². The van der Waals surface area contributed by atoms with Crippen LogP contribution in [0.2, 0.25) is 0 Å². The SMILES string of the molecule is CC(c1cccc(F)c1)S(=O)(=O)c1ccc(C(F)F)cc1. The molecule has 0 saturated heterocycles. The highest BCUT2D eigenvalue weighted by molar-refractivity contribution is 7.91. The monoisotopic (exact) mass is 314 g/mol. The van der Waals surface area contributed by atoms with Crippen LogP contribution >= 0.6 is 0 Å². The summed E-state index contributed by atoms with van der Waals surface area (Å²) in [5.74, 6) is -0.525. The number of sulfone groups is 1. The molecule has 2 aromatic carbocycles. The van der Waals surface area contributed by atoms with E-state index in [0.717, 1.165) is 30.3 Å². The van der Waals surface area contributed by atoms with Gasteiger partial charge in [-0.3, -0.25) is 0 Å². The lowest BCUT2D eigenvalue weighted by atomic mass is 10.2. The topological polar surface area (TPSA) is 34.1 Å². The minimum absolute atomic E-state index is 0.0661. The molecular formula is C15H13F3O2S. The zero-order valence-electron chi connectivity index (χ0n) is 11.1. The molecule has 0 bridgehead atoms. The van der Waals surface area contributed by atoms with Crippen LogP contribution in [0.15, 0.2) is 53.4 Å². The summed E-state index contributed by atoms with van der Waals surface area (Å²) in [6.45, 7) is 1.44. The van der Waals surface area contributed by atoms with Gasteiger partial charge in [0.2, 0.25) is 0 Å². The smallest absolute Gasteiger partial charge is 0.223 e. The molecule has 0 aliphatic rings. The highest BCUT2D eigenvalue weighted by atomic mass is 32.2. The van der Waals surface area contributed by atoms with E-state index in [9.17, 15) is 21.6 Å². The van der Waals surface area contributed by atoms with Gasteiger partial charge in [-0.1, -0.05) is 24.3 Å². The van der Waals surface area contributed by atoms with E-state index < -0.39 is 27.3 Å². The Morgan fingerprint density at radius 1 is 0.952 bits per heavy atom. The molecule has 0 aliphatic heterocycles. The van der Waals surface area contributed by atoms with Crippen molar-refractivity contribution in [3.63, 3.8) is 0 Å². The van der Waals surface area contributed by atoms with Gasteiger partial charge in [-0.15, -0.1) is 0 Å². The van der Waals surface area contributed by atoms with Crippen molar-refractivity contribution < 1.29 is 21.6 Å². The van der Waals surface area contributed by atoms with Gasteiger partial charge in [0.15, 0.2) is 9.84 Å². The molecule has 0 heterocycles. The minimum atomic E-state index is -3.76. The van der Waals surface area contributed by atoms with Crippen molar-refractivity contribution in [1.29, 1.82) is 0 Å². The normalized spacial score (nSPS) is 13.4.